The molecule has 0 bridgehead atoms. The molecule has 0 fully saturated rings. The van der Waals surface area contributed by atoms with Crippen LogP contribution >= 0.6 is 102 Å². The molecule has 0 amide bonds. The van der Waals surface area contributed by atoms with Gasteiger partial charge in [0.2, 0.25) is 0 Å². The summed E-state index contributed by atoms with van der Waals surface area (Å²) in [5, 5.41) is -1.92. The van der Waals surface area contributed by atoms with Crippen molar-refractivity contribution in [2.75, 3.05) is 6.54 Å². The Morgan fingerprint density at radius 3 is 1.48 bits per heavy atom. The third-order valence-electron chi connectivity index (χ3n) is 5.47. The molecule has 13 atom stereocenters. The van der Waals surface area contributed by atoms with Gasteiger partial charge in [-0.1, -0.05) is 46.2 Å². The lowest BCUT2D eigenvalue weighted by molar-refractivity contribution is -0.284. The van der Waals surface area contributed by atoms with Crippen LogP contribution in [0.25, 0.3) is 0 Å². The summed E-state index contributed by atoms with van der Waals surface area (Å²) in [6.07, 6.45) is -2.97. The summed E-state index contributed by atoms with van der Waals surface area (Å²) in [5.41, 5.74) is 1.14. The van der Waals surface area contributed by atoms with E-state index in [2.05, 4.69) is 107 Å². The van der Waals surface area contributed by atoms with E-state index in [1.165, 1.54) is 0 Å². The normalized spacial score (nSPS) is 18.3. The lowest BCUT2D eigenvalue weighted by Crippen LogP contribution is -2.68. The van der Waals surface area contributed by atoms with Crippen molar-refractivity contribution in [3.05, 3.63) is 0 Å². The minimum atomic E-state index is -3.61. The summed E-state index contributed by atoms with van der Waals surface area (Å²) in [5.74, 6) is -1.14. The average Bonchev–Trinajstić information content (AvgIpc) is 2.40. The Morgan fingerprint density at radius 2 is 1.23 bits per heavy atom. The zero-order valence-corrected chi connectivity index (χ0v) is 31.2. The Kier molecular flexibility index (Phi) is 13.8. The summed E-state index contributed by atoms with van der Waals surface area (Å²) >= 11 is 0. The molecule has 31 heavy (non-hydrogen) atoms. The lowest BCUT2D eigenvalue weighted by Gasteiger charge is -2.66. The van der Waals surface area contributed by atoms with E-state index in [1.807, 2.05) is 27.7 Å². The summed E-state index contributed by atoms with van der Waals surface area (Å²) in [6, 6.07) is 0. The van der Waals surface area contributed by atoms with E-state index in [4.69, 9.17) is 4.84 Å². The molecule has 0 aromatic heterocycles. The van der Waals surface area contributed by atoms with Gasteiger partial charge in [0.15, 0.2) is 0 Å². The van der Waals surface area contributed by atoms with E-state index in [9.17, 15) is 0 Å². The van der Waals surface area contributed by atoms with Gasteiger partial charge in [-0.25, -0.2) is 9.23 Å². The first-order valence-corrected chi connectivity index (χ1v) is 15.9. The largest absolute Gasteiger partial charge is 0.383 e. The van der Waals surface area contributed by atoms with Gasteiger partial charge in [-0.05, 0) is 12.3 Å². The Morgan fingerprint density at radius 1 is 0.806 bits per heavy atom. The van der Waals surface area contributed by atoms with Crippen molar-refractivity contribution in [2.45, 2.75) is 64.7 Å². The fourth-order valence-electron chi connectivity index (χ4n) is 4.63. The fourth-order valence-corrected chi connectivity index (χ4v) is 19.1. The van der Waals surface area contributed by atoms with Crippen LogP contribution in [-0.4, -0.2) is 37.1 Å². The van der Waals surface area contributed by atoms with E-state index in [0.29, 0.717) is 6.42 Å². The highest BCUT2D eigenvalue weighted by molar-refractivity contribution is 7.58. The molecule has 0 aliphatic rings. The van der Waals surface area contributed by atoms with Crippen LogP contribution in [0.3, 0.4) is 0 Å². The van der Waals surface area contributed by atoms with Crippen molar-refractivity contribution in [3.8, 4) is 0 Å². The first-order valence-electron chi connectivity index (χ1n) is 9.52. The van der Waals surface area contributed by atoms with Crippen molar-refractivity contribution >= 4 is 102 Å². The maximum atomic E-state index is 16.2. The Bertz CT molecular complexity index is 586. The third kappa shape index (κ3) is 7.30. The van der Waals surface area contributed by atoms with E-state index < -0.39 is 41.9 Å². The second-order valence-electron chi connectivity index (χ2n) is 8.84. The third-order valence-corrected chi connectivity index (χ3v) is 11.3. The predicted molar refractivity (Wildman–Crippen MR) is 172 cm³/mol. The number of hydrogen-bond donors (Lipinski definition) is 1. The molecule has 0 aliphatic heterocycles. The topological polar surface area (TPSA) is 21.3 Å². The number of rotatable bonds is 12. The maximum Gasteiger partial charge on any atom is 0.383 e. The zero-order chi connectivity index (χ0) is 25.5. The molecule has 0 saturated carbocycles. The standard InChI is InChI=1S/C15H41F3NOP11/c1-5-6-19-20-13(16,17)12(25,26)8(9(4,21)22)11(23,24)10(7(2)3,14(18,27)28)15(29,30)31/h7-8,19H,5-6,21-31H2,1-4H3. The SMILES string of the molecule is CCCNOC(F)(F)C(P)(P)C(C(C)(P)P)C(P)(P)C(C(C)C)(C(F)(P)P)C(P)(P)P. The molecule has 188 valence electrons. The highest BCUT2D eigenvalue weighted by Crippen LogP contribution is 2.78. The van der Waals surface area contributed by atoms with Gasteiger partial charge in [-0.15, -0.1) is 83.2 Å². The minimum absolute atomic E-state index is 0.270. The van der Waals surface area contributed by atoms with Gasteiger partial charge in [-0.2, -0.15) is 14.3 Å². The van der Waals surface area contributed by atoms with Crippen LogP contribution in [0.1, 0.15) is 34.1 Å². The zero-order valence-electron chi connectivity index (χ0n) is 18.5. The number of hydrogen-bond acceptors (Lipinski definition) is 2. The monoisotopic (exact) mass is 649 g/mol. The molecule has 0 aliphatic carbocycles. The summed E-state index contributed by atoms with van der Waals surface area (Å²) in [7, 11) is 27.8. The molecule has 0 radical (unpaired) electrons. The van der Waals surface area contributed by atoms with Crippen LogP contribution in [0.5, 0.6) is 0 Å². The van der Waals surface area contributed by atoms with Crippen molar-refractivity contribution in [3.63, 3.8) is 0 Å². The van der Waals surface area contributed by atoms with Crippen LogP contribution in [0, 0.1) is 17.3 Å². The van der Waals surface area contributed by atoms with Crippen molar-refractivity contribution in [1.82, 2.24) is 5.48 Å². The Balaban J connectivity index is 7.16. The molecular formula is C15H41F3NOP11. The molecular weight excluding hydrogens is 608 g/mol. The first kappa shape index (κ1) is 35.4. The van der Waals surface area contributed by atoms with Crippen molar-refractivity contribution in [2.24, 2.45) is 17.3 Å². The van der Waals surface area contributed by atoms with Gasteiger partial charge in [0, 0.05) is 32.3 Å². The lowest BCUT2D eigenvalue weighted by atomic mass is 9.69. The van der Waals surface area contributed by atoms with Gasteiger partial charge in [-0.3, -0.25) is 0 Å². The molecule has 13 unspecified atom stereocenters. The van der Waals surface area contributed by atoms with E-state index in [-0.39, 0.29) is 12.5 Å². The van der Waals surface area contributed by atoms with Crippen LogP contribution in [0.2, 0.25) is 0 Å². The van der Waals surface area contributed by atoms with Gasteiger partial charge >= 0.3 is 6.11 Å². The van der Waals surface area contributed by atoms with E-state index >= 15 is 13.2 Å². The average molecular weight is 649 g/mol. The Labute approximate surface area is 213 Å². The fraction of sp³-hybridized carbons (Fsp3) is 1.00. The second kappa shape index (κ2) is 12.1. The Hall–Kier alpha value is 4.44. The molecule has 0 aromatic carbocycles. The highest BCUT2D eigenvalue weighted by Gasteiger charge is 2.72. The molecule has 16 heteroatoms. The molecule has 0 saturated heterocycles. The number of hydroxylamine groups is 1. The first-order chi connectivity index (χ1) is 13.4. The molecule has 1 N–H and O–H groups in total. The van der Waals surface area contributed by atoms with E-state index in [0.717, 1.165) is 0 Å². The molecule has 0 heterocycles. The van der Waals surface area contributed by atoms with Gasteiger partial charge in [0.25, 0.3) is 0 Å². The smallest absolute Gasteiger partial charge is 0.234 e. The summed E-state index contributed by atoms with van der Waals surface area (Å²) < 4.78 is 46.4. The summed E-state index contributed by atoms with van der Waals surface area (Å²) in [6.45, 7) is 7.77. The predicted octanol–water partition coefficient (Wildman–Crippen LogP) is 5.78. The number of alkyl halides is 3. The van der Waals surface area contributed by atoms with Crippen LogP contribution in [-0.2, 0) is 4.84 Å². The molecule has 2 nitrogen and oxygen atoms in total. The van der Waals surface area contributed by atoms with E-state index in [1.54, 1.807) is 0 Å². The van der Waals surface area contributed by atoms with Gasteiger partial charge < -0.3 is 0 Å². The highest BCUT2D eigenvalue weighted by atomic mass is 31.1. The van der Waals surface area contributed by atoms with Crippen LogP contribution in [0.15, 0.2) is 0 Å². The van der Waals surface area contributed by atoms with Crippen LogP contribution in [0.4, 0.5) is 13.2 Å². The second-order valence-corrected chi connectivity index (χ2v) is 24.4. The molecule has 0 spiro atoms. The van der Waals surface area contributed by atoms with Gasteiger partial charge in [0.1, 0.15) is 5.15 Å². The summed E-state index contributed by atoms with van der Waals surface area (Å²) in [4.78, 5) is 0.982. The maximum absolute atomic E-state index is 16.2. The van der Waals surface area contributed by atoms with Gasteiger partial charge in [0.05, 0.1) is 4.90 Å². The number of halogens is 3. The minimum Gasteiger partial charge on any atom is -0.234 e. The molecule has 0 rings (SSSR count). The van der Waals surface area contributed by atoms with Crippen molar-refractivity contribution < 1.29 is 18.0 Å². The quantitative estimate of drug-likeness (QED) is 0.165. The van der Waals surface area contributed by atoms with Crippen molar-refractivity contribution in [1.29, 1.82) is 0 Å². The van der Waals surface area contributed by atoms with Crippen LogP contribution < -0.4 is 5.48 Å². The number of nitrogens with one attached hydrogen (secondary N) is 1. The molecule has 0 aromatic rings.